The van der Waals surface area contributed by atoms with Gasteiger partial charge in [0.2, 0.25) is 0 Å². The van der Waals surface area contributed by atoms with E-state index in [1.54, 1.807) is 0 Å². The molecule has 1 N–H and O–H groups in total. The first-order valence-corrected chi connectivity index (χ1v) is 7.08. The van der Waals surface area contributed by atoms with Crippen molar-refractivity contribution in [3.05, 3.63) is 35.4 Å². The summed E-state index contributed by atoms with van der Waals surface area (Å²) in [4.78, 5) is 0. The second kappa shape index (κ2) is 6.20. The van der Waals surface area contributed by atoms with Gasteiger partial charge in [0.25, 0.3) is 0 Å². The Hall–Kier alpha value is -0.820. The van der Waals surface area contributed by atoms with Crippen LogP contribution in [0.5, 0.6) is 0 Å². The van der Waals surface area contributed by atoms with Gasteiger partial charge in [-0.3, -0.25) is 0 Å². The van der Waals surface area contributed by atoms with Crippen LogP contribution in [0.15, 0.2) is 24.3 Å². The average Bonchev–Trinajstić information content (AvgIpc) is 2.35. The Morgan fingerprint density at radius 2 is 1.88 bits per heavy atom. The smallest absolute Gasteiger partial charge is 0.00148 e. The van der Waals surface area contributed by atoms with Crippen LogP contribution in [0.3, 0.4) is 0 Å². The molecule has 2 unspecified atom stereocenters. The van der Waals surface area contributed by atoms with Crippen molar-refractivity contribution >= 4 is 0 Å². The molecule has 1 heterocycles. The van der Waals surface area contributed by atoms with E-state index >= 15 is 0 Å². The molecule has 1 saturated heterocycles. The van der Waals surface area contributed by atoms with Crippen molar-refractivity contribution < 1.29 is 0 Å². The fourth-order valence-corrected chi connectivity index (χ4v) is 2.76. The Morgan fingerprint density at radius 1 is 1.18 bits per heavy atom. The van der Waals surface area contributed by atoms with Crippen LogP contribution in [0, 0.1) is 11.8 Å². The lowest BCUT2D eigenvalue weighted by molar-refractivity contribution is 0.272. The molecule has 0 spiro atoms. The van der Waals surface area contributed by atoms with Gasteiger partial charge in [-0.2, -0.15) is 0 Å². The second-order valence-electron chi connectivity index (χ2n) is 5.50. The summed E-state index contributed by atoms with van der Waals surface area (Å²) >= 11 is 0. The first kappa shape index (κ1) is 12.6. The Kier molecular flexibility index (Phi) is 4.61. The summed E-state index contributed by atoms with van der Waals surface area (Å²) in [5.74, 6) is 1.69. The molecule has 1 heteroatoms. The Labute approximate surface area is 106 Å². The minimum Gasteiger partial charge on any atom is -0.316 e. The standard InChI is InChI=1S/C16H25N/c1-3-4-14-5-7-15(8-6-14)11-16-12-17-10-9-13(16)2/h5-8,13,16-17H,3-4,9-12H2,1-2H3. The Balaban J connectivity index is 1.93. The van der Waals surface area contributed by atoms with E-state index < -0.39 is 0 Å². The predicted molar refractivity (Wildman–Crippen MR) is 74.3 cm³/mol. The van der Waals surface area contributed by atoms with Gasteiger partial charge in [0, 0.05) is 0 Å². The summed E-state index contributed by atoms with van der Waals surface area (Å²) in [5, 5.41) is 3.52. The predicted octanol–water partition coefficient (Wildman–Crippen LogP) is 3.43. The highest BCUT2D eigenvalue weighted by atomic mass is 14.9. The van der Waals surface area contributed by atoms with Crippen molar-refractivity contribution in [2.75, 3.05) is 13.1 Å². The molecular formula is C16H25N. The van der Waals surface area contributed by atoms with Gasteiger partial charge in [-0.25, -0.2) is 0 Å². The lowest BCUT2D eigenvalue weighted by Gasteiger charge is -2.29. The van der Waals surface area contributed by atoms with E-state index in [4.69, 9.17) is 0 Å². The highest BCUT2D eigenvalue weighted by Crippen LogP contribution is 2.22. The molecule has 0 radical (unpaired) electrons. The highest BCUT2D eigenvalue weighted by molar-refractivity contribution is 5.23. The molecule has 2 atom stereocenters. The van der Waals surface area contributed by atoms with E-state index in [2.05, 4.69) is 43.4 Å². The molecule has 17 heavy (non-hydrogen) atoms. The molecular weight excluding hydrogens is 206 g/mol. The van der Waals surface area contributed by atoms with E-state index in [1.807, 2.05) is 0 Å². The van der Waals surface area contributed by atoms with E-state index in [-0.39, 0.29) is 0 Å². The Morgan fingerprint density at radius 3 is 2.53 bits per heavy atom. The summed E-state index contributed by atoms with van der Waals surface area (Å²) in [6.45, 7) is 7.03. The second-order valence-corrected chi connectivity index (χ2v) is 5.50. The Bertz CT molecular complexity index is 328. The summed E-state index contributed by atoms with van der Waals surface area (Å²) in [6.07, 6.45) is 5.02. The normalized spacial score (nSPS) is 24.8. The number of benzene rings is 1. The van der Waals surface area contributed by atoms with Crippen LogP contribution in [0.1, 0.15) is 37.8 Å². The third kappa shape index (κ3) is 3.57. The molecule has 1 nitrogen and oxygen atoms in total. The van der Waals surface area contributed by atoms with Gasteiger partial charge in [0.05, 0.1) is 0 Å². The number of nitrogens with one attached hydrogen (secondary N) is 1. The van der Waals surface area contributed by atoms with Crippen molar-refractivity contribution in [1.82, 2.24) is 5.32 Å². The molecule has 94 valence electrons. The molecule has 1 fully saturated rings. The third-order valence-electron chi connectivity index (χ3n) is 4.05. The highest BCUT2D eigenvalue weighted by Gasteiger charge is 2.20. The summed E-state index contributed by atoms with van der Waals surface area (Å²) < 4.78 is 0. The zero-order chi connectivity index (χ0) is 12.1. The van der Waals surface area contributed by atoms with Crippen molar-refractivity contribution in [3.63, 3.8) is 0 Å². The molecule has 0 aliphatic carbocycles. The molecule has 1 aliphatic rings. The molecule has 1 aliphatic heterocycles. The van der Waals surface area contributed by atoms with Crippen LogP contribution in [-0.2, 0) is 12.8 Å². The van der Waals surface area contributed by atoms with Gasteiger partial charge in [-0.05, 0) is 55.3 Å². The molecule has 1 aromatic rings. The fourth-order valence-electron chi connectivity index (χ4n) is 2.76. The topological polar surface area (TPSA) is 12.0 Å². The SMILES string of the molecule is CCCc1ccc(CC2CNCCC2C)cc1. The van der Waals surface area contributed by atoms with Gasteiger partial charge >= 0.3 is 0 Å². The zero-order valence-corrected chi connectivity index (χ0v) is 11.2. The minimum atomic E-state index is 0.820. The maximum atomic E-state index is 3.52. The third-order valence-corrected chi connectivity index (χ3v) is 4.05. The van der Waals surface area contributed by atoms with Crippen molar-refractivity contribution in [2.24, 2.45) is 11.8 Å². The van der Waals surface area contributed by atoms with Gasteiger partial charge in [0.1, 0.15) is 0 Å². The van der Waals surface area contributed by atoms with Gasteiger partial charge in [0.15, 0.2) is 0 Å². The van der Waals surface area contributed by atoms with Gasteiger partial charge in [-0.15, -0.1) is 0 Å². The van der Waals surface area contributed by atoms with Crippen molar-refractivity contribution in [2.45, 2.75) is 39.5 Å². The summed E-state index contributed by atoms with van der Waals surface area (Å²) in [5.41, 5.74) is 2.98. The van der Waals surface area contributed by atoms with Gasteiger partial charge in [-0.1, -0.05) is 44.5 Å². The van der Waals surface area contributed by atoms with Crippen molar-refractivity contribution in [3.8, 4) is 0 Å². The lowest BCUT2D eigenvalue weighted by atomic mass is 9.83. The van der Waals surface area contributed by atoms with Crippen LogP contribution in [0.25, 0.3) is 0 Å². The van der Waals surface area contributed by atoms with E-state index in [1.165, 1.54) is 49.9 Å². The number of hydrogen-bond donors (Lipinski definition) is 1. The van der Waals surface area contributed by atoms with Crippen LogP contribution in [-0.4, -0.2) is 13.1 Å². The average molecular weight is 231 g/mol. The van der Waals surface area contributed by atoms with Gasteiger partial charge < -0.3 is 5.32 Å². The van der Waals surface area contributed by atoms with E-state index in [9.17, 15) is 0 Å². The molecule has 0 bridgehead atoms. The lowest BCUT2D eigenvalue weighted by Crippen LogP contribution is -2.36. The van der Waals surface area contributed by atoms with E-state index in [0.29, 0.717) is 0 Å². The largest absolute Gasteiger partial charge is 0.316 e. The van der Waals surface area contributed by atoms with Crippen LogP contribution < -0.4 is 5.32 Å². The number of piperidine rings is 1. The molecule has 2 rings (SSSR count). The summed E-state index contributed by atoms with van der Waals surface area (Å²) in [6, 6.07) is 9.26. The fraction of sp³-hybridized carbons (Fsp3) is 0.625. The first-order valence-electron chi connectivity index (χ1n) is 7.08. The first-order chi connectivity index (χ1) is 8.29. The maximum Gasteiger partial charge on any atom is -0.00148 e. The minimum absolute atomic E-state index is 0.820. The zero-order valence-electron chi connectivity index (χ0n) is 11.2. The molecule has 0 saturated carbocycles. The molecule has 1 aromatic carbocycles. The van der Waals surface area contributed by atoms with Crippen LogP contribution in [0.2, 0.25) is 0 Å². The molecule has 0 amide bonds. The van der Waals surface area contributed by atoms with E-state index in [0.717, 1.165) is 11.8 Å². The van der Waals surface area contributed by atoms with Crippen LogP contribution >= 0.6 is 0 Å². The summed E-state index contributed by atoms with van der Waals surface area (Å²) in [7, 11) is 0. The monoisotopic (exact) mass is 231 g/mol. The van der Waals surface area contributed by atoms with Crippen molar-refractivity contribution in [1.29, 1.82) is 0 Å². The maximum absolute atomic E-state index is 3.52. The number of hydrogen-bond acceptors (Lipinski definition) is 1. The quantitative estimate of drug-likeness (QED) is 0.837. The molecule has 0 aromatic heterocycles. The number of aryl methyl sites for hydroxylation is 1. The van der Waals surface area contributed by atoms with Crippen LogP contribution in [0.4, 0.5) is 0 Å². The number of rotatable bonds is 4.